The molecule has 0 spiro atoms. The highest BCUT2D eigenvalue weighted by Gasteiger charge is 2.36. The predicted octanol–water partition coefficient (Wildman–Crippen LogP) is 7.17. The van der Waals surface area contributed by atoms with Crippen molar-refractivity contribution in [3.63, 3.8) is 0 Å². The van der Waals surface area contributed by atoms with Crippen molar-refractivity contribution in [2.45, 2.75) is 26.5 Å². The fourth-order valence-electron chi connectivity index (χ4n) is 3.39. The summed E-state index contributed by atoms with van der Waals surface area (Å²) in [5.74, 6) is 0.282. The molecule has 1 heterocycles. The molecule has 0 aromatic heterocycles. The highest BCUT2D eigenvalue weighted by Crippen LogP contribution is 2.38. The maximum absolute atomic E-state index is 13.1. The van der Waals surface area contributed by atoms with E-state index in [9.17, 15) is 9.59 Å². The molecule has 0 atom stereocenters. The van der Waals surface area contributed by atoms with Crippen LogP contribution >= 0.6 is 35.0 Å². The molecule has 31 heavy (non-hydrogen) atoms. The van der Waals surface area contributed by atoms with E-state index in [1.807, 2.05) is 50.2 Å². The minimum atomic E-state index is -0.380. The molecule has 1 aliphatic heterocycles. The van der Waals surface area contributed by atoms with Crippen LogP contribution in [0.25, 0.3) is 16.8 Å². The van der Waals surface area contributed by atoms with Crippen molar-refractivity contribution in [3.8, 4) is 5.75 Å². The molecule has 158 valence electrons. The Morgan fingerprint density at radius 3 is 2.42 bits per heavy atom. The lowest BCUT2D eigenvalue weighted by Crippen LogP contribution is -2.27. The SMILES string of the molecule is CC(C)Oc1ccc2ccccc2c1/C=C1/SC(=O)N(Cc2c(Cl)cccc2Cl)C1=O. The maximum Gasteiger partial charge on any atom is 0.293 e. The van der Waals surface area contributed by atoms with Crippen LogP contribution in [0.2, 0.25) is 10.0 Å². The van der Waals surface area contributed by atoms with E-state index in [-0.39, 0.29) is 23.8 Å². The first kappa shape index (κ1) is 21.8. The quantitative estimate of drug-likeness (QED) is 0.370. The number of thioether (sulfide) groups is 1. The van der Waals surface area contributed by atoms with Gasteiger partial charge in [-0.05, 0) is 60.7 Å². The monoisotopic (exact) mass is 471 g/mol. The lowest BCUT2D eigenvalue weighted by Gasteiger charge is -2.16. The second kappa shape index (κ2) is 8.95. The van der Waals surface area contributed by atoms with Gasteiger partial charge < -0.3 is 4.74 Å². The standard InChI is InChI=1S/C24H19Cl2NO3S/c1-14(2)30-21-11-10-15-6-3-4-7-16(15)17(21)12-22-23(28)27(24(29)31-22)13-18-19(25)8-5-9-20(18)26/h3-12,14H,13H2,1-2H3/b22-12+. The molecule has 7 heteroatoms. The van der Waals surface area contributed by atoms with E-state index in [2.05, 4.69) is 0 Å². The molecular weight excluding hydrogens is 453 g/mol. The number of hydrogen-bond donors (Lipinski definition) is 0. The Morgan fingerprint density at radius 1 is 1.00 bits per heavy atom. The van der Waals surface area contributed by atoms with E-state index in [1.54, 1.807) is 24.3 Å². The number of benzene rings is 3. The van der Waals surface area contributed by atoms with E-state index in [4.69, 9.17) is 27.9 Å². The lowest BCUT2D eigenvalue weighted by molar-refractivity contribution is -0.123. The Bertz CT molecular complexity index is 1200. The van der Waals surface area contributed by atoms with Crippen LogP contribution in [-0.4, -0.2) is 22.2 Å². The Balaban J connectivity index is 1.74. The van der Waals surface area contributed by atoms with Gasteiger partial charge in [0.05, 0.1) is 17.6 Å². The summed E-state index contributed by atoms with van der Waals surface area (Å²) >= 11 is 13.4. The summed E-state index contributed by atoms with van der Waals surface area (Å²) in [5, 5.41) is 2.43. The smallest absolute Gasteiger partial charge is 0.293 e. The van der Waals surface area contributed by atoms with E-state index >= 15 is 0 Å². The zero-order valence-corrected chi connectivity index (χ0v) is 19.2. The number of imide groups is 1. The predicted molar refractivity (Wildman–Crippen MR) is 128 cm³/mol. The van der Waals surface area contributed by atoms with Crippen LogP contribution < -0.4 is 4.74 Å². The summed E-state index contributed by atoms with van der Waals surface area (Å²) in [6.45, 7) is 3.91. The summed E-state index contributed by atoms with van der Waals surface area (Å²) in [6.07, 6.45) is 1.70. The molecular formula is C24H19Cl2NO3S. The topological polar surface area (TPSA) is 46.6 Å². The van der Waals surface area contributed by atoms with Crippen molar-refractivity contribution >= 4 is 63.0 Å². The zero-order chi connectivity index (χ0) is 22.1. The zero-order valence-electron chi connectivity index (χ0n) is 16.9. The molecule has 4 nitrogen and oxygen atoms in total. The van der Waals surface area contributed by atoms with E-state index in [1.165, 1.54) is 0 Å². The fourth-order valence-corrected chi connectivity index (χ4v) is 4.73. The van der Waals surface area contributed by atoms with Gasteiger partial charge in [0.25, 0.3) is 11.1 Å². The molecule has 1 fully saturated rings. The summed E-state index contributed by atoms with van der Waals surface area (Å²) in [4.78, 5) is 27.3. The third-order valence-electron chi connectivity index (χ3n) is 4.82. The highest BCUT2D eigenvalue weighted by molar-refractivity contribution is 8.18. The first-order chi connectivity index (χ1) is 14.8. The molecule has 3 aromatic carbocycles. The normalized spacial score (nSPS) is 15.5. The van der Waals surface area contributed by atoms with Crippen LogP contribution in [0.3, 0.4) is 0 Å². The van der Waals surface area contributed by atoms with Crippen molar-refractivity contribution in [2.75, 3.05) is 0 Å². The van der Waals surface area contributed by atoms with Gasteiger partial charge in [-0.15, -0.1) is 0 Å². The Labute approximate surface area is 194 Å². The summed E-state index contributed by atoms with van der Waals surface area (Å²) in [5.41, 5.74) is 1.32. The van der Waals surface area contributed by atoms with Gasteiger partial charge in [0.2, 0.25) is 0 Å². The van der Waals surface area contributed by atoms with Crippen LogP contribution in [0.4, 0.5) is 4.79 Å². The Morgan fingerprint density at radius 2 is 1.71 bits per heavy atom. The summed E-state index contributed by atoms with van der Waals surface area (Å²) in [7, 11) is 0. The second-order valence-corrected chi connectivity index (χ2v) is 9.14. The molecule has 1 aliphatic rings. The van der Waals surface area contributed by atoms with Crippen LogP contribution in [0.1, 0.15) is 25.0 Å². The van der Waals surface area contributed by atoms with Gasteiger partial charge in [-0.2, -0.15) is 0 Å². The van der Waals surface area contributed by atoms with Crippen molar-refractivity contribution in [1.82, 2.24) is 4.90 Å². The Hall–Kier alpha value is -2.47. The summed E-state index contributed by atoms with van der Waals surface area (Å²) < 4.78 is 5.98. The number of carbonyl (C=O) groups is 2. The molecule has 0 aliphatic carbocycles. The Kier molecular flexibility index (Phi) is 6.28. The number of amides is 2. The third-order valence-corrected chi connectivity index (χ3v) is 6.44. The number of nitrogens with zero attached hydrogens (tertiary/aromatic N) is 1. The van der Waals surface area contributed by atoms with Gasteiger partial charge in [0, 0.05) is 21.2 Å². The molecule has 3 aromatic rings. The molecule has 0 N–H and O–H groups in total. The van der Waals surface area contributed by atoms with Crippen molar-refractivity contribution in [3.05, 3.63) is 80.7 Å². The van der Waals surface area contributed by atoms with E-state index in [0.29, 0.717) is 26.3 Å². The van der Waals surface area contributed by atoms with Crippen molar-refractivity contribution < 1.29 is 14.3 Å². The van der Waals surface area contributed by atoms with Crippen LogP contribution in [0.5, 0.6) is 5.75 Å². The third kappa shape index (κ3) is 4.45. The maximum atomic E-state index is 13.1. The van der Waals surface area contributed by atoms with Crippen LogP contribution in [0, 0.1) is 0 Å². The largest absolute Gasteiger partial charge is 0.490 e. The van der Waals surface area contributed by atoms with Gasteiger partial charge in [-0.3, -0.25) is 14.5 Å². The average molecular weight is 472 g/mol. The molecule has 4 rings (SSSR count). The highest BCUT2D eigenvalue weighted by atomic mass is 35.5. The average Bonchev–Trinajstić information content (AvgIpc) is 2.99. The van der Waals surface area contributed by atoms with Gasteiger partial charge >= 0.3 is 0 Å². The van der Waals surface area contributed by atoms with Gasteiger partial charge in [0.15, 0.2) is 0 Å². The van der Waals surface area contributed by atoms with Crippen molar-refractivity contribution in [1.29, 1.82) is 0 Å². The van der Waals surface area contributed by atoms with Crippen molar-refractivity contribution in [2.24, 2.45) is 0 Å². The number of hydrogen-bond acceptors (Lipinski definition) is 4. The first-order valence-electron chi connectivity index (χ1n) is 9.72. The number of halogens is 2. The van der Waals surface area contributed by atoms with Gasteiger partial charge in [-0.25, -0.2) is 0 Å². The van der Waals surface area contributed by atoms with E-state index < -0.39 is 0 Å². The van der Waals surface area contributed by atoms with E-state index in [0.717, 1.165) is 33.0 Å². The van der Waals surface area contributed by atoms with Crippen LogP contribution in [-0.2, 0) is 11.3 Å². The minimum absolute atomic E-state index is 0.0192. The van der Waals surface area contributed by atoms with Gasteiger partial charge in [0.1, 0.15) is 5.75 Å². The summed E-state index contributed by atoms with van der Waals surface area (Å²) in [6, 6.07) is 16.8. The molecule has 1 saturated heterocycles. The lowest BCUT2D eigenvalue weighted by atomic mass is 10.0. The number of carbonyl (C=O) groups excluding carboxylic acids is 2. The fraction of sp³-hybridized carbons (Fsp3) is 0.167. The molecule has 0 saturated carbocycles. The van der Waals surface area contributed by atoms with Crippen LogP contribution in [0.15, 0.2) is 59.5 Å². The molecule has 2 amide bonds. The number of ether oxygens (including phenoxy) is 1. The van der Waals surface area contributed by atoms with Gasteiger partial charge in [-0.1, -0.05) is 59.6 Å². The first-order valence-corrected chi connectivity index (χ1v) is 11.3. The second-order valence-electron chi connectivity index (χ2n) is 7.33. The number of rotatable bonds is 5. The minimum Gasteiger partial charge on any atom is -0.490 e. The number of fused-ring (bicyclic) bond motifs is 1. The molecule has 0 bridgehead atoms. The molecule has 0 unspecified atom stereocenters. The molecule has 0 radical (unpaired) electrons.